The number of carbonyl (C=O) groups excluding carboxylic acids is 10. The fraction of sp³-hybridized carbons (Fsp3) is 0.481. The minimum atomic E-state index is -0.844. The third kappa shape index (κ3) is 23.8. The highest BCUT2D eigenvalue weighted by Gasteiger charge is 2.56. The maximum atomic E-state index is 15.1. The van der Waals surface area contributed by atoms with Crippen LogP contribution in [0.3, 0.4) is 0 Å². The number of likely N-dealkylation sites (tertiary alicyclic amines) is 1. The van der Waals surface area contributed by atoms with Gasteiger partial charge in [-0.2, -0.15) is 0 Å². The number of esters is 1. The molecule has 0 spiro atoms. The van der Waals surface area contributed by atoms with E-state index < -0.39 is 82.8 Å². The summed E-state index contributed by atoms with van der Waals surface area (Å²) in [5.41, 5.74) is 6.21. The van der Waals surface area contributed by atoms with Gasteiger partial charge in [-0.25, -0.2) is 14.6 Å². The minimum absolute atomic E-state index is 0.0231. The summed E-state index contributed by atoms with van der Waals surface area (Å²) in [4.78, 5) is 148. The van der Waals surface area contributed by atoms with Crippen molar-refractivity contribution in [2.45, 2.75) is 260 Å². The minimum Gasteiger partial charge on any atom is -0.490 e. The second kappa shape index (κ2) is 46.1. The Kier molecular flexibility index (Phi) is 34.0. The number of aryl methyl sites for hydroxylation is 1. The number of allylic oxidation sites excluding steroid dienone is 2. The standard InChI is InChI=1S/C108H131N5O15/c1-8-11-14-17-20-23-26-29-32-35-56-124-94-68-82(69-95(125-57-36-33-30-27-24-21-18-15-12-9-2)100(94)126-58-37-34-31-28-25-22-19-16-13-10-3)108(123)128-89-52-46-83(47-53-89)109-101(116)81-62-77(61-78(63-81)76-41-39-43-86(65-76)113-105(120)93-66-79(59-73(5)99(93)107(113)122)90-70-96(114)110(7)102(90)117)75-40-38-42-85(64-75)111-97(115)71-91(103(111)118)80-60-74(6)98-92(67-80)104(119)112(106(98)121)84-48-54-88(55-49-84)127-87-50-44-72(4)45-51-87/h38-55,59-65,68-69,79-80,90-93,98-99H,8-37,56-58,66-67,70-71H2,1-7H3,(H,109,116). The molecule has 0 bridgehead atoms. The fourth-order valence-electron chi connectivity index (χ4n) is 19.5. The maximum absolute atomic E-state index is 15.1. The predicted octanol–water partition coefficient (Wildman–Crippen LogP) is 24.2. The first-order valence-electron chi connectivity index (χ1n) is 47.9. The number of fused-ring (bicyclic) bond motifs is 2. The summed E-state index contributed by atoms with van der Waals surface area (Å²) in [7, 11) is 1.46. The van der Waals surface area contributed by atoms with E-state index in [1.807, 2.05) is 49.4 Å². The summed E-state index contributed by atoms with van der Waals surface area (Å²) in [6, 6.07) is 43.4. The largest absolute Gasteiger partial charge is 0.490 e. The van der Waals surface area contributed by atoms with Gasteiger partial charge in [0.15, 0.2) is 11.5 Å². The number of amides is 9. The monoisotopic (exact) mass is 1740 g/mol. The zero-order valence-electron chi connectivity index (χ0n) is 76.3. The lowest BCUT2D eigenvalue weighted by atomic mass is 9.71. The summed E-state index contributed by atoms with van der Waals surface area (Å²) in [6.45, 7) is 13.7. The molecule has 4 fully saturated rings. The van der Waals surface area contributed by atoms with Crippen molar-refractivity contribution in [3.05, 3.63) is 192 Å². The van der Waals surface area contributed by atoms with Gasteiger partial charge < -0.3 is 29.0 Å². The topological polar surface area (TPSA) is 242 Å². The zero-order chi connectivity index (χ0) is 90.2. The smallest absolute Gasteiger partial charge is 0.343 e. The van der Waals surface area contributed by atoms with Gasteiger partial charge in [-0.1, -0.05) is 259 Å². The van der Waals surface area contributed by atoms with Crippen LogP contribution in [-0.2, 0) is 38.4 Å². The lowest BCUT2D eigenvalue weighted by molar-refractivity contribution is -0.138. The third-order valence-corrected chi connectivity index (χ3v) is 26.7. The fourth-order valence-corrected chi connectivity index (χ4v) is 19.5. The van der Waals surface area contributed by atoms with E-state index in [-0.39, 0.29) is 71.9 Å². The van der Waals surface area contributed by atoms with Crippen LogP contribution in [0.5, 0.6) is 34.5 Å². The summed E-state index contributed by atoms with van der Waals surface area (Å²) in [5, 5.41) is 3.04. The van der Waals surface area contributed by atoms with E-state index in [0.29, 0.717) is 99.0 Å². The van der Waals surface area contributed by atoms with E-state index in [2.05, 4.69) is 26.1 Å². The summed E-state index contributed by atoms with van der Waals surface area (Å²) >= 11 is 0. The van der Waals surface area contributed by atoms with E-state index in [9.17, 15) is 38.4 Å². The molecule has 20 heteroatoms. The van der Waals surface area contributed by atoms with Crippen molar-refractivity contribution in [2.24, 2.45) is 47.3 Å². The van der Waals surface area contributed by atoms with Crippen molar-refractivity contribution >= 4 is 81.9 Å². The lowest BCUT2D eigenvalue weighted by Gasteiger charge is -2.29. The van der Waals surface area contributed by atoms with E-state index >= 15 is 9.59 Å². The zero-order valence-corrected chi connectivity index (χ0v) is 76.3. The van der Waals surface area contributed by atoms with Gasteiger partial charge >= 0.3 is 5.97 Å². The molecule has 0 saturated carbocycles. The number of benzene rings is 7. The molecule has 128 heavy (non-hydrogen) atoms. The van der Waals surface area contributed by atoms with E-state index in [0.717, 1.165) is 68.3 Å². The molecule has 678 valence electrons. The van der Waals surface area contributed by atoms with Crippen molar-refractivity contribution in [3.63, 3.8) is 0 Å². The first-order valence-corrected chi connectivity index (χ1v) is 47.9. The number of anilines is 4. The van der Waals surface area contributed by atoms with Crippen molar-refractivity contribution in [1.82, 2.24) is 4.90 Å². The Hall–Kier alpha value is -11.3. The highest BCUT2D eigenvalue weighted by molar-refractivity contribution is 6.25. The van der Waals surface area contributed by atoms with Gasteiger partial charge in [0, 0.05) is 31.1 Å². The molecule has 1 N–H and O–H groups in total. The maximum Gasteiger partial charge on any atom is 0.343 e. The molecule has 4 saturated heterocycles. The van der Waals surface area contributed by atoms with Crippen LogP contribution >= 0.6 is 0 Å². The molecule has 8 atom stereocenters. The number of unbranched alkanes of at least 4 members (excludes halogenated alkanes) is 27. The summed E-state index contributed by atoms with van der Waals surface area (Å²) < 4.78 is 32.1. The van der Waals surface area contributed by atoms with Crippen molar-refractivity contribution in [1.29, 1.82) is 0 Å². The van der Waals surface area contributed by atoms with Gasteiger partial charge in [0.25, 0.3) is 5.91 Å². The van der Waals surface area contributed by atoms with Crippen LogP contribution in [0.25, 0.3) is 22.3 Å². The number of nitrogens with one attached hydrogen (secondary N) is 1. The number of hydrogen-bond donors (Lipinski definition) is 1. The molecule has 6 aliphatic rings. The molecule has 20 nitrogen and oxygen atoms in total. The number of hydrogen-bond acceptors (Lipinski definition) is 15. The van der Waals surface area contributed by atoms with Crippen molar-refractivity contribution in [2.75, 3.05) is 46.9 Å². The second-order valence-electron chi connectivity index (χ2n) is 36.4. The molecule has 9 amide bonds. The van der Waals surface area contributed by atoms with E-state index in [1.54, 1.807) is 135 Å². The molecule has 7 aromatic rings. The van der Waals surface area contributed by atoms with E-state index in [1.165, 1.54) is 157 Å². The molecular formula is C108H131N5O15. The SMILES string of the molecule is CCCCCCCCCCCCOc1cc(C(=O)Oc2ccc(NC(=O)c3cc(-c4cccc(N5C(=O)CC(C6C=C(C)C7C(=O)N(c8ccc(Oc9ccc(C)cc9)cc8)C(=O)C7C6)C5=O)c4)cc(-c4cccc(N5C(=O)C6CC(C7CC(=O)N(C)C7=O)C=C(C)C6C5=O)c4)c3)cc2)cc(OCCCCCCCCCCCC)c1OCCCCCCCCCCCC. The molecule has 4 heterocycles. The van der Waals surface area contributed by atoms with Crippen molar-refractivity contribution in [3.8, 4) is 56.8 Å². The van der Waals surface area contributed by atoms with Crippen LogP contribution in [0.1, 0.15) is 279 Å². The highest BCUT2D eigenvalue weighted by atomic mass is 16.5. The Balaban J connectivity index is 0.738. The van der Waals surface area contributed by atoms with Gasteiger partial charge in [0.05, 0.1) is 78.0 Å². The number of imide groups is 4. The van der Waals surface area contributed by atoms with Gasteiger partial charge in [-0.3, -0.25) is 53.0 Å². The van der Waals surface area contributed by atoms with Crippen LogP contribution in [0.15, 0.2) is 175 Å². The predicted molar refractivity (Wildman–Crippen MR) is 502 cm³/mol. The average Bonchev–Trinajstić information content (AvgIpc) is 1.59. The first kappa shape index (κ1) is 94.3. The number of carbonyl (C=O) groups is 10. The van der Waals surface area contributed by atoms with Crippen LogP contribution in [0.2, 0.25) is 0 Å². The van der Waals surface area contributed by atoms with Gasteiger partial charge in [0.2, 0.25) is 53.0 Å². The molecular weight excluding hydrogens is 1610 g/mol. The quantitative estimate of drug-likeness (QED) is 0.0123. The average molecular weight is 1740 g/mol. The van der Waals surface area contributed by atoms with E-state index in [4.69, 9.17) is 23.7 Å². The Morgan fingerprint density at radius 2 is 0.766 bits per heavy atom. The second-order valence-corrected chi connectivity index (χ2v) is 36.4. The van der Waals surface area contributed by atoms with Gasteiger partial charge in [-0.15, -0.1) is 0 Å². The molecule has 0 radical (unpaired) electrons. The Bertz CT molecular complexity index is 5080. The first-order chi connectivity index (χ1) is 62.2. The van der Waals surface area contributed by atoms with Crippen molar-refractivity contribution < 1.29 is 71.6 Å². The normalized spacial score (nSPS) is 19.7. The molecule has 2 aliphatic carbocycles. The van der Waals surface area contributed by atoms with Gasteiger partial charge in [0.1, 0.15) is 17.2 Å². The molecule has 8 unspecified atom stereocenters. The number of rotatable bonds is 49. The summed E-state index contributed by atoms with van der Waals surface area (Å²) in [5.74, 6) is -6.99. The number of nitrogens with zero attached hydrogens (tertiary/aromatic N) is 4. The third-order valence-electron chi connectivity index (χ3n) is 26.7. The Labute approximate surface area is 756 Å². The molecule has 13 rings (SSSR count). The molecule has 0 aromatic heterocycles. The van der Waals surface area contributed by atoms with Gasteiger partial charge in [-0.05, 0) is 202 Å². The van der Waals surface area contributed by atoms with Crippen LogP contribution in [0, 0.1) is 54.3 Å². The van der Waals surface area contributed by atoms with Crippen LogP contribution in [0.4, 0.5) is 22.7 Å². The highest BCUT2D eigenvalue weighted by Crippen LogP contribution is 2.50. The Morgan fingerprint density at radius 3 is 1.22 bits per heavy atom. The molecule has 4 aliphatic heterocycles. The summed E-state index contributed by atoms with van der Waals surface area (Å²) in [6.07, 6.45) is 39.5. The number of ether oxygens (including phenoxy) is 5. The van der Waals surface area contributed by atoms with Crippen LogP contribution < -0.4 is 43.7 Å². The van der Waals surface area contributed by atoms with Crippen LogP contribution in [-0.4, -0.2) is 90.9 Å². The molecule has 7 aromatic carbocycles. The lowest BCUT2D eigenvalue weighted by Crippen LogP contribution is -2.35. The Morgan fingerprint density at radius 1 is 0.367 bits per heavy atom.